The Labute approximate surface area is 86.0 Å². The molecule has 0 aromatic carbocycles. The Morgan fingerprint density at radius 3 is 2.64 bits per heavy atom. The average Bonchev–Trinajstić information content (AvgIpc) is 2.69. The molecular formula is C8H9NO4S. The normalized spacial score (nSPS) is 10.0. The molecule has 0 fully saturated rings. The molecule has 0 aliphatic heterocycles. The van der Waals surface area contributed by atoms with Gasteiger partial charge < -0.3 is 4.42 Å². The number of aldehydes is 1. The van der Waals surface area contributed by atoms with Crippen molar-refractivity contribution in [1.29, 1.82) is 0 Å². The summed E-state index contributed by atoms with van der Waals surface area (Å²) in [6.45, 7) is 0. The molecule has 1 heterocycles. The minimum Gasteiger partial charge on any atom is -0.465 e. The van der Waals surface area contributed by atoms with Crippen LogP contribution in [0.2, 0.25) is 0 Å². The molecule has 0 N–H and O–H groups in total. The van der Waals surface area contributed by atoms with Crippen LogP contribution in [0.25, 0.3) is 6.08 Å². The van der Waals surface area contributed by atoms with Crippen molar-refractivity contribution in [2.45, 2.75) is 0 Å². The molecule has 6 heteroatoms. The minimum absolute atomic E-state index is 0.169. The molecule has 0 spiro atoms. The Hall–Kier alpha value is -1.56. The molecule has 1 aromatic rings. The van der Waals surface area contributed by atoms with Crippen LogP contribution in [-0.4, -0.2) is 17.5 Å². The fourth-order valence-corrected chi connectivity index (χ4v) is 0.649. The molecule has 0 amide bonds. The Kier molecular flexibility index (Phi) is 6.13. The zero-order valence-corrected chi connectivity index (χ0v) is 8.31. The van der Waals surface area contributed by atoms with Gasteiger partial charge >= 0.3 is 5.70 Å². The van der Waals surface area contributed by atoms with Crippen LogP contribution in [0.15, 0.2) is 28.5 Å². The molecule has 0 unspecified atom stereocenters. The predicted octanol–water partition coefficient (Wildman–Crippen LogP) is 1.64. The minimum atomic E-state index is -0.768. The van der Waals surface area contributed by atoms with Crippen molar-refractivity contribution in [2.24, 2.45) is 0 Å². The summed E-state index contributed by atoms with van der Waals surface area (Å²) < 4.78 is 4.78. The van der Waals surface area contributed by atoms with Crippen LogP contribution >= 0.6 is 12.6 Å². The van der Waals surface area contributed by atoms with Crippen molar-refractivity contribution < 1.29 is 14.1 Å². The first-order valence-electron chi connectivity index (χ1n) is 3.53. The first kappa shape index (κ1) is 12.4. The van der Waals surface area contributed by atoms with E-state index in [0.29, 0.717) is 0 Å². The number of furan rings is 1. The van der Waals surface area contributed by atoms with Gasteiger partial charge in [-0.3, -0.25) is 14.9 Å². The fourth-order valence-electron chi connectivity index (χ4n) is 0.649. The summed E-state index contributed by atoms with van der Waals surface area (Å²) in [4.78, 5) is 19.5. The van der Waals surface area contributed by atoms with Gasteiger partial charge in [-0.25, -0.2) is 0 Å². The summed E-state index contributed by atoms with van der Waals surface area (Å²) >= 11 is 3.53. The van der Waals surface area contributed by atoms with Crippen molar-refractivity contribution in [3.63, 3.8) is 0 Å². The maximum atomic E-state index is 10.1. The first-order chi connectivity index (χ1) is 6.74. The second-order valence-corrected chi connectivity index (χ2v) is 1.96. The SMILES string of the molecule is CS.O=C/C(=C/c1ccco1)[N+](=O)[O-]. The molecule has 1 rings (SSSR count). The molecule has 5 nitrogen and oxygen atoms in total. The number of nitro groups is 1. The number of nitrogens with zero attached hydrogens (tertiary/aromatic N) is 1. The fraction of sp³-hybridized carbons (Fsp3) is 0.125. The molecule has 0 atom stereocenters. The van der Waals surface area contributed by atoms with Gasteiger partial charge in [0.1, 0.15) is 5.76 Å². The molecule has 0 bridgehead atoms. The molecule has 0 radical (unpaired) electrons. The summed E-state index contributed by atoms with van der Waals surface area (Å²) in [5, 5.41) is 10.1. The zero-order valence-electron chi connectivity index (χ0n) is 7.41. The molecule has 0 aliphatic carbocycles. The topological polar surface area (TPSA) is 73.3 Å². The van der Waals surface area contributed by atoms with Crippen molar-refractivity contribution in [3.05, 3.63) is 40.0 Å². The lowest BCUT2D eigenvalue weighted by Gasteiger charge is -1.85. The molecule has 1 aromatic heterocycles. The predicted molar refractivity (Wildman–Crippen MR) is 54.7 cm³/mol. The highest BCUT2D eigenvalue weighted by atomic mass is 32.1. The van der Waals surface area contributed by atoms with E-state index in [9.17, 15) is 14.9 Å². The van der Waals surface area contributed by atoms with E-state index in [2.05, 4.69) is 12.6 Å². The van der Waals surface area contributed by atoms with Gasteiger partial charge in [-0.1, -0.05) is 0 Å². The number of hydrogen-bond donors (Lipinski definition) is 1. The molecule has 0 saturated heterocycles. The molecule has 0 saturated carbocycles. The summed E-state index contributed by atoms with van der Waals surface area (Å²) in [6, 6.07) is 3.10. The van der Waals surface area contributed by atoms with Gasteiger partial charge in [-0.05, 0) is 18.4 Å². The number of thiol groups is 1. The lowest BCUT2D eigenvalue weighted by Crippen LogP contribution is -1.98. The number of allylic oxidation sites excluding steroid dienone is 1. The second-order valence-electron chi connectivity index (χ2n) is 1.96. The summed E-state index contributed by atoms with van der Waals surface area (Å²) in [5.74, 6) is 0.286. The van der Waals surface area contributed by atoms with E-state index in [0.717, 1.165) is 6.08 Å². The highest BCUT2D eigenvalue weighted by Gasteiger charge is 2.08. The van der Waals surface area contributed by atoms with Crippen LogP contribution in [0.4, 0.5) is 0 Å². The van der Waals surface area contributed by atoms with Gasteiger partial charge in [0.25, 0.3) is 0 Å². The highest BCUT2D eigenvalue weighted by molar-refractivity contribution is 7.79. The van der Waals surface area contributed by atoms with Crippen LogP contribution in [0, 0.1) is 10.1 Å². The number of carbonyl (C=O) groups is 1. The van der Waals surface area contributed by atoms with E-state index in [1.54, 1.807) is 12.3 Å². The van der Waals surface area contributed by atoms with E-state index < -0.39 is 10.6 Å². The van der Waals surface area contributed by atoms with Crippen LogP contribution in [0.3, 0.4) is 0 Å². The Morgan fingerprint density at radius 2 is 2.29 bits per heavy atom. The smallest absolute Gasteiger partial charge is 0.312 e. The summed E-state index contributed by atoms with van der Waals surface area (Å²) in [7, 11) is 0. The Bertz CT molecular complexity index is 318. The van der Waals surface area contributed by atoms with Gasteiger partial charge in [0.15, 0.2) is 0 Å². The quantitative estimate of drug-likeness (QED) is 0.273. The number of hydrogen-bond acceptors (Lipinski definition) is 5. The van der Waals surface area contributed by atoms with Gasteiger partial charge in [-0.2, -0.15) is 12.6 Å². The van der Waals surface area contributed by atoms with E-state index in [-0.39, 0.29) is 12.0 Å². The maximum Gasteiger partial charge on any atom is 0.312 e. The van der Waals surface area contributed by atoms with Crippen LogP contribution in [0.5, 0.6) is 0 Å². The Balaban J connectivity index is 0.000000791. The molecule has 14 heavy (non-hydrogen) atoms. The number of carbonyl (C=O) groups excluding carboxylic acids is 1. The maximum absolute atomic E-state index is 10.1. The lowest BCUT2D eigenvalue weighted by molar-refractivity contribution is -0.415. The summed E-state index contributed by atoms with van der Waals surface area (Å²) in [6.07, 6.45) is 4.30. The van der Waals surface area contributed by atoms with Crippen molar-refractivity contribution in [2.75, 3.05) is 6.26 Å². The monoisotopic (exact) mass is 215 g/mol. The van der Waals surface area contributed by atoms with Crippen LogP contribution in [-0.2, 0) is 4.79 Å². The number of rotatable bonds is 3. The van der Waals surface area contributed by atoms with Gasteiger partial charge in [0.05, 0.1) is 17.3 Å². The highest BCUT2D eigenvalue weighted by Crippen LogP contribution is 2.05. The first-order valence-corrected chi connectivity index (χ1v) is 4.43. The van der Waals surface area contributed by atoms with Gasteiger partial charge in [0.2, 0.25) is 6.29 Å². The van der Waals surface area contributed by atoms with Crippen molar-refractivity contribution >= 4 is 25.0 Å². The zero-order chi connectivity index (χ0) is 11.0. The average molecular weight is 215 g/mol. The van der Waals surface area contributed by atoms with Gasteiger partial charge in [-0.15, -0.1) is 0 Å². The molecular weight excluding hydrogens is 206 g/mol. The van der Waals surface area contributed by atoms with E-state index in [1.165, 1.54) is 12.3 Å². The van der Waals surface area contributed by atoms with E-state index >= 15 is 0 Å². The largest absolute Gasteiger partial charge is 0.465 e. The molecule has 0 aliphatic rings. The van der Waals surface area contributed by atoms with Crippen molar-refractivity contribution in [3.8, 4) is 0 Å². The van der Waals surface area contributed by atoms with Crippen molar-refractivity contribution in [1.82, 2.24) is 0 Å². The molecule has 76 valence electrons. The van der Waals surface area contributed by atoms with Gasteiger partial charge in [0, 0.05) is 0 Å². The second kappa shape index (κ2) is 6.90. The van der Waals surface area contributed by atoms with E-state index in [1.807, 2.05) is 0 Å². The summed E-state index contributed by atoms with van der Waals surface area (Å²) in [5.41, 5.74) is -0.523. The third-order valence-corrected chi connectivity index (χ3v) is 1.16. The third kappa shape index (κ3) is 3.90. The lowest BCUT2D eigenvalue weighted by atomic mass is 10.3. The van der Waals surface area contributed by atoms with E-state index in [4.69, 9.17) is 4.42 Å². The van der Waals surface area contributed by atoms with Crippen LogP contribution in [0.1, 0.15) is 5.76 Å². The third-order valence-electron chi connectivity index (χ3n) is 1.16. The van der Waals surface area contributed by atoms with Crippen LogP contribution < -0.4 is 0 Å². The Morgan fingerprint density at radius 1 is 1.64 bits per heavy atom. The standard InChI is InChI=1S/C7H5NO4.CH4S/c9-5-6(8(10)11)4-7-2-1-3-12-7;1-2/h1-5H;2H,1H3/b6-4-;.